The van der Waals surface area contributed by atoms with Crippen molar-refractivity contribution in [3.63, 3.8) is 0 Å². The van der Waals surface area contributed by atoms with Crippen LogP contribution in [0.2, 0.25) is 0 Å². The molecule has 0 saturated heterocycles. The Morgan fingerprint density at radius 3 is 2.69 bits per heavy atom. The van der Waals surface area contributed by atoms with Crippen LogP contribution in [0.25, 0.3) is 0 Å². The number of unbranched alkanes of at least 4 members (excludes halogenated alkanes) is 1. The summed E-state index contributed by atoms with van der Waals surface area (Å²) in [4.78, 5) is 29.9. The largest absolute Gasteiger partial charge is 0.497 e. The molecular formula is C19H23N3O4. The maximum absolute atomic E-state index is 12.5. The maximum Gasteiger partial charge on any atom is 0.331 e. The summed E-state index contributed by atoms with van der Waals surface area (Å²) in [7, 11) is 1.62. The third-order valence-electron chi connectivity index (χ3n) is 4.43. The summed E-state index contributed by atoms with van der Waals surface area (Å²) in [6.45, 7) is 2.82. The van der Waals surface area contributed by atoms with Gasteiger partial charge in [0.05, 0.1) is 19.4 Å². The summed E-state index contributed by atoms with van der Waals surface area (Å²) in [6, 6.07) is 9.04. The van der Waals surface area contributed by atoms with E-state index in [0.29, 0.717) is 19.5 Å². The molecule has 2 aromatic rings. The van der Waals surface area contributed by atoms with E-state index >= 15 is 0 Å². The predicted molar refractivity (Wildman–Crippen MR) is 98.9 cm³/mol. The molecule has 7 nitrogen and oxygen atoms in total. The molecule has 26 heavy (non-hydrogen) atoms. The maximum atomic E-state index is 12.5. The first kappa shape index (κ1) is 18.0. The van der Waals surface area contributed by atoms with Crippen molar-refractivity contribution >= 4 is 5.71 Å². The molecule has 1 atom stereocenters. The first-order valence-corrected chi connectivity index (χ1v) is 8.79. The van der Waals surface area contributed by atoms with Gasteiger partial charge in [-0.3, -0.25) is 13.9 Å². The lowest BCUT2D eigenvalue weighted by Crippen LogP contribution is -2.40. The van der Waals surface area contributed by atoms with E-state index in [1.807, 2.05) is 31.2 Å². The Bertz CT molecular complexity index is 896. The highest BCUT2D eigenvalue weighted by molar-refractivity contribution is 6.01. The Morgan fingerprint density at radius 1 is 1.23 bits per heavy atom. The van der Waals surface area contributed by atoms with Crippen molar-refractivity contribution in [3.8, 4) is 5.75 Å². The van der Waals surface area contributed by atoms with Crippen molar-refractivity contribution in [3.05, 3.63) is 62.9 Å². The van der Waals surface area contributed by atoms with E-state index in [2.05, 4.69) is 5.16 Å². The van der Waals surface area contributed by atoms with Crippen LogP contribution in [0.5, 0.6) is 5.75 Å². The minimum absolute atomic E-state index is 0.234. The SMILES string of the molecule is CCCCn1c(=O)ccn(CC2CC(c3ccc(OC)cc3)=NO2)c1=O. The van der Waals surface area contributed by atoms with Gasteiger partial charge >= 0.3 is 5.69 Å². The van der Waals surface area contributed by atoms with Gasteiger partial charge in [-0.05, 0) is 36.2 Å². The first-order chi connectivity index (χ1) is 12.6. The highest BCUT2D eigenvalue weighted by Gasteiger charge is 2.23. The molecule has 0 aliphatic carbocycles. The van der Waals surface area contributed by atoms with Crippen molar-refractivity contribution in [2.75, 3.05) is 7.11 Å². The summed E-state index contributed by atoms with van der Waals surface area (Å²) < 4.78 is 7.96. The fourth-order valence-electron chi connectivity index (χ4n) is 2.92. The van der Waals surface area contributed by atoms with Gasteiger partial charge in [0.25, 0.3) is 5.56 Å². The number of aromatic nitrogens is 2. The van der Waals surface area contributed by atoms with Crippen LogP contribution in [0.1, 0.15) is 31.7 Å². The van der Waals surface area contributed by atoms with E-state index in [1.165, 1.54) is 21.4 Å². The Labute approximate surface area is 151 Å². The van der Waals surface area contributed by atoms with Crippen LogP contribution >= 0.6 is 0 Å². The van der Waals surface area contributed by atoms with Crippen molar-refractivity contribution in [1.82, 2.24) is 9.13 Å². The molecule has 138 valence electrons. The average molecular weight is 357 g/mol. The summed E-state index contributed by atoms with van der Waals surface area (Å²) in [5, 5.41) is 4.15. The molecule has 0 bridgehead atoms. The Balaban J connectivity index is 1.69. The van der Waals surface area contributed by atoms with E-state index < -0.39 is 0 Å². The molecule has 1 aliphatic rings. The zero-order valence-electron chi connectivity index (χ0n) is 15.1. The Morgan fingerprint density at radius 2 is 2.00 bits per heavy atom. The third kappa shape index (κ3) is 3.87. The standard InChI is InChI=1S/C19H23N3O4/c1-3-4-10-22-18(23)9-11-21(19(22)24)13-16-12-17(20-26-16)14-5-7-15(25-2)8-6-14/h5-9,11,16H,3-4,10,12-13H2,1-2H3. The molecule has 0 radical (unpaired) electrons. The second-order valence-electron chi connectivity index (χ2n) is 6.29. The van der Waals surface area contributed by atoms with E-state index in [9.17, 15) is 9.59 Å². The smallest absolute Gasteiger partial charge is 0.331 e. The van der Waals surface area contributed by atoms with Crippen molar-refractivity contribution < 1.29 is 9.57 Å². The quantitative estimate of drug-likeness (QED) is 0.760. The number of ether oxygens (including phenoxy) is 1. The highest BCUT2D eigenvalue weighted by Crippen LogP contribution is 2.19. The molecule has 3 rings (SSSR count). The molecule has 0 amide bonds. The van der Waals surface area contributed by atoms with Gasteiger partial charge in [0.1, 0.15) is 5.75 Å². The second-order valence-corrected chi connectivity index (χ2v) is 6.29. The van der Waals surface area contributed by atoms with Crippen LogP contribution in [-0.2, 0) is 17.9 Å². The number of hydrogen-bond donors (Lipinski definition) is 0. The molecule has 1 unspecified atom stereocenters. The Kier molecular flexibility index (Phi) is 5.55. The normalized spacial score (nSPS) is 16.2. The zero-order valence-corrected chi connectivity index (χ0v) is 15.1. The van der Waals surface area contributed by atoms with Gasteiger partial charge in [-0.1, -0.05) is 18.5 Å². The molecule has 0 N–H and O–H groups in total. The minimum Gasteiger partial charge on any atom is -0.497 e. The van der Waals surface area contributed by atoms with Crippen LogP contribution < -0.4 is 16.0 Å². The lowest BCUT2D eigenvalue weighted by Gasteiger charge is -2.12. The van der Waals surface area contributed by atoms with Gasteiger partial charge in [-0.25, -0.2) is 4.79 Å². The minimum atomic E-state index is -0.299. The van der Waals surface area contributed by atoms with Gasteiger partial charge in [0, 0.05) is 25.2 Å². The number of hydrogen-bond acceptors (Lipinski definition) is 5. The molecule has 0 fully saturated rings. The van der Waals surface area contributed by atoms with Crippen LogP contribution in [0.15, 0.2) is 51.3 Å². The lowest BCUT2D eigenvalue weighted by atomic mass is 10.0. The topological polar surface area (TPSA) is 74.8 Å². The second kappa shape index (κ2) is 8.03. The van der Waals surface area contributed by atoms with Crippen LogP contribution in [0.4, 0.5) is 0 Å². The van der Waals surface area contributed by atoms with Crippen LogP contribution in [-0.4, -0.2) is 28.1 Å². The molecular weight excluding hydrogens is 334 g/mol. The number of benzene rings is 1. The third-order valence-corrected chi connectivity index (χ3v) is 4.43. The van der Waals surface area contributed by atoms with Gasteiger partial charge in [0.2, 0.25) is 0 Å². The zero-order chi connectivity index (χ0) is 18.5. The fraction of sp³-hybridized carbons (Fsp3) is 0.421. The van der Waals surface area contributed by atoms with Gasteiger partial charge in [0.15, 0.2) is 6.10 Å². The Hall–Kier alpha value is -2.83. The summed E-state index contributed by atoms with van der Waals surface area (Å²) in [5.74, 6) is 0.783. The monoisotopic (exact) mass is 357 g/mol. The summed E-state index contributed by atoms with van der Waals surface area (Å²) >= 11 is 0. The number of oxime groups is 1. The summed E-state index contributed by atoms with van der Waals surface area (Å²) in [5.41, 5.74) is 1.24. The average Bonchev–Trinajstić information content (AvgIpc) is 3.13. The number of methoxy groups -OCH3 is 1. The van der Waals surface area contributed by atoms with Crippen molar-refractivity contribution in [2.45, 2.75) is 45.4 Å². The molecule has 1 aliphatic heterocycles. The highest BCUT2D eigenvalue weighted by atomic mass is 16.6. The van der Waals surface area contributed by atoms with E-state index in [0.717, 1.165) is 29.9 Å². The lowest BCUT2D eigenvalue weighted by molar-refractivity contribution is 0.0710. The molecule has 1 aromatic heterocycles. The summed E-state index contributed by atoms with van der Waals surface area (Å²) in [6.07, 6.45) is 3.62. The predicted octanol–water partition coefficient (Wildman–Crippen LogP) is 2.01. The van der Waals surface area contributed by atoms with Gasteiger partial charge in [-0.15, -0.1) is 0 Å². The molecule has 2 heterocycles. The molecule has 1 aromatic carbocycles. The number of rotatable bonds is 7. The van der Waals surface area contributed by atoms with E-state index in [-0.39, 0.29) is 17.4 Å². The van der Waals surface area contributed by atoms with Gasteiger partial charge in [-0.2, -0.15) is 0 Å². The van der Waals surface area contributed by atoms with Crippen LogP contribution in [0.3, 0.4) is 0 Å². The van der Waals surface area contributed by atoms with Gasteiger partial charge < -0.3 is 9.57 Å². The van der Waals surface area contributed by atoms with Crippen LogP contribution in [0, 0.1) is 0 Å². The van der Waals surface area contributed by atoms with E-state index in [4.69, 9.17) is 9.57 Å². The van der Waals surface area contributed by atoms with Crippen molar-refractivity contribution in [2.24, 2.45) is 5.16 Å². The molecule has 0 spiro atoms. The first-order valence-electron chi connectivity index (χ1n) is 8.79. The molecule has 7 heteroatoms. The van der Waals surface area contributed by atoms with Crippen molar-refractivity contribution in [1.29, 1.82) is 0 Å². The van der Waals surface area contributed by atoms with E-state index in [1.54, 1.807) is 7.11 Å². The number of nitrogens with zero attached hydrogens (tertiary/aromatic N) is 3. The molecule has 0 saturated carbocycles. The fourth-order valence-corrected chi connectivity index (χ4v) is 2.92.